The fourth-order valence-corrected chi connectivity index (χ4v) is 2.04. The van der Waals surface area contributed by atoms with E-state index in [1.165, 1.54) is 12.8 Å². The molecule has 4 nitrogen and oxygen atoms in total. The van der Waals surface area contributed by atoms with Crippen molar-refractivity contribution in [2.24, 2.45) is 5.92 Å². The predicted octanol–water partition coefficient (Wildman–Crippen LogP) is 1.37. The molecule has 0 N–H and O–H groups in total. The van der Waals surface area contributed by atoms with Crippen LogP contribution in [-0.4, -0.2) is 33.7 Å². The molecule has 1 heterocycles. The quantitative estimate of drug-likeness (QED) is 0.735. The van der Waals surface area contributed by atoms with E-state index in [9.17, 15) is 4.79 Å². The van der Waals surface area contributed by atoms with Crippen LogP contribution in [0.5, 0.6) is 0 Å². The normalized spacial score (nSPS) is 14.3. The van der Waals surface area contributed by atoms with Crippen molar-refractivity contribution in [2.45, 2.75) is 33.2 Å². The van der Waals surface area contributed by atoms with Gasteiger partial charge in [-0.1, -0.05) is 5.92 Å². The summed E-state index contributed by atoms with van der Waals surface area (Å²) in [7, 11) is 0. The Morgan fingerprint density at radius 2 is 2.33 bits per heavy atom. The summed E-state index contributed by atoms with van der Waals surface area (Å²) in [5.41, 5.74) is 1.94. The topological polar surface area (TPSA) is 38.1 Å². The second kappa shape index (κ2) is 5.26. The first-order valence-electron chi connectivity index (χ1n) is 6.32. The summed E-state index contributed by atoms with van der Waals surface area (Å²) in [4.78, 5) is 14.0. The lowest BCUT2D eigenvalue weighted by atomic mass is 10.3. The van der Waals surface area contributed by atoms with E-state index in [1.807, 2.05) is 19.9 Å². The highest BCUT2D eigenvalue weighted by Crippen LogP contribution is 2.29. The molecule has 1 aromatic heterocycles. The van der Waals surface area contributed by atoms with Gasteiger partial charge in [0.05, 0.1) is 12.2 Å². The molecule has 0 aliphatic heterocycles. The molecule has 1 fully saturated rings. The van der Waals surface area contributed by atoms with Gasteiger partial charge < -0.3 is 4.90 Å². The van der Waals surface area contributed by atoms with Gasteiger partial charge in [0, 0.05) is 12.2 Å². The number of carbonyl (C=O) groups is 1. The van der Waals surface area contributed by atoms with Crippen LogP contribution in [0.15, 0.2) is 6.07 Å². The maximum Gasteiger partial charge on any atom is 0.245 e. The van der Waals surface area contributed by atoms with Gasteiger partial charge in [-0.25, -0.2) is 0 Å². The standard InChI is InChI=1S/C14H19N3O/c1-4-7-16(9-13-5-6-13)14(18)10-17-12(3)8-11(2)15-17/h1,8,13H,5-7,9-10H2,2-3H3. The van der Waals surface area contributed by atoms with Crippen LogP contribution in [-0.2, 0) is 11.3 Å². The SMILES string of the molecule is C#CCN(CC1CC1)C(=O)Cn1nc(C)cc1C. The average molecular weight is 245 g/mol. The van der Waals surface area contributed by atoms with E-state index in [-0.39, 0.29) is 12.5 Å². The maximum absolute atomic E-state index is 12.2. The molecule has 0 aromatic carbocycles. The zero-order valence-electron chi connectivity index (χ0n) is 11.0. The third kappa shape index (κ3) is 3.13. The van der Waals surface area contributed by atoms with E-state index >= 15 is 0 Å². The Labute approximate surface area is 108 Å². The lowest BCUT2D eigenvalue weighted by Gasteiger charge is -2.20. The van der Waals surface area contributed by atoms with Crippen molar-refractivity contribution >= 4 is 5.91 Å². The van der Waals surface area contributed by atoms with E-state index in [2.05, 4.69) is 11.0 Å². The highest BCUT2D eigenvalue weighted by molar-refractivity contribution is 5.76. The van der Waals surface area contributed by atoms with E-state index in [4.69, 9.17) is 6.42 Å². The number of aryl methyl sites for hydroxylation is 2. The monoisotopic (exact) mass is 245 g/mol. The van der Waals surface area contributed by atoms with Crippen molar-refractivity contribution < 1.29 is 4.79 Å². The number of terminal acetylenes is 1. The second-order valence-corrected chi connectivity index (χ2v) is 5.01. The van der Waals surface area contributed by atoms with Crippen LogP contribution in [0.25, 0.3) is 0 Å². The molecule has 0 unspecified atom stereocenters. The Morgan fingerprint density at radius 3 is 2.83 bits per heavy atom. The Bertz CT molecular complexity index is 480. The number of hydrogen-bond acceptors (Lipinski definition) is 2. The van der Waals surface area contributed by atoms with Crippen LogP contribution in [0.4, 0.5) is 0 Å². The molecule has 0 radical (unpaired) electrons. The van der Waals surface area contributed by atoms with Crippen LogP contribution in [0.2, 0.25) is 0 Å². The number of aromatic nitrogens is 2. The molecule has 0 bridgehead atoms. The van der Waals surface area contributed by atoms with Gasteiger partial charge in [-0.05, 0) is 38.7 Å². The van der Waals surface area contributed by atoms with Crippen molar-refractivity contribution in [3.05, 3.63) is 17.5 Å². The van der Waals surface area contributed by atoms with Crippen LogP contribution < -0.4 is 0 Å². The third-order valence-corrected chi connectivity index (χ3v) is 3.20. The zero-order valence-corrected chi connectivity index (χ0v) is 11.0. The molecule has 0 atom stereocenters. The molecule has 1 saturated carbocycles. The van der Waals surface area contributed by atoms with E-state index in [0.717, 1.165) is 17.9 Å². The number of amides is 1. The minimum absolute atomic E-state index is 0.0612. The molecule has 1 amide bonds. The predicted molar refractivity (Wildman–Crippen MR) is 69.8 cm³/mol. The first kappa shape index (κ1) is 12.7. The molecule has 1 aromatic rings. The van der Waals surface area contributed by atoms with Gasteiger partial charge in [0.1, 0.15) is 6.54 Å². The fourth-order valence-electron chi connectivity index (χ4n) is 2.04. The molecule has 2 rings (SSSR count). The largest absolute Gasteiger partial charge is 0.330 e. The Balaban J connectivity index is 1.99. The van der Waals surface area contributed by atoms with Gasteiger partial charge in [-0.3, -0.25) is 9.48 Å². The van der Waals surface area contributed by atoms with Gasteiger partial charge in [-0.15, -0.1) is 6.42 Å². The lowest BCUT2D eigenvalue weighted by Crippen LogP contribution is -2.36. The van der Waals surface area contributed by atoms with Crippen molar-refractivity contribution in [2.75, 3.05) is 13.1 Å². The van der Waals surface area contributed by atoms with Crippen LogP contribution in [0, 0.1) is 32.1 Å². The van der Waals surface area contributed by atoms with Crippen molar-refractivity contribution in [1.29, 1.82) is 0 Å². The molecular formula is C14H19N3O. The van der Waals surface area contributed by atoms with E-state index in [0.29, 0.717) is 12.5 Å². The van der Waals surface area contributed by atoms with Crippen molar-refractivity contribution in [1.82, 2.24) is 14.7 Å². The Hall–Kier alpha value is -1.76. The van der Waals surface area contributed by atoms with Gasteiger partial charge >= 0.3 is 0 Å². The average Bonchev–Trinajstić information content (AvgIpc) is 3.05. The molecule has 4 heteroatoms. The minimum atomic E-state index is 0.0612. The lowest BCUT2D eigenvalue weighted by molar-refractivity contribution is -0.131. The summed E-state index contributed by atoms with van der Waals surface area (Å²) in [6, 6.07) is 1.97. The summed E-state index contributed by atoms with van der Waals surface area (Å²) in [5.74, 6) is 3.28. The number of rotatable bonds is 5. The van der Waals surface area contributed by atoms with Crippen LogP contribution in [0.3, 0.4) is 0 Å². The van der Waals surface area contributed by atoms with Gasteiger partial charge in [0.25, 0.3) is 0 Å². The molecule has 0 saturated heterocycles. The Kier molecular flexibility index (Phi) is 3.71. The van der Waals surface area contributed by atoms with Crippen molar-refractivity contribution in [3.63, 3.8) is 0 Å². The van der Waals surface area contributed by atoms with Crippen LogP contribution >= 0.6 is 0 Å². The molecule has 1 aliphatic carbocycles. The molecule has 96 valence electrons. The molecule has 1 aliphatic rings. The highest BCUT2D eigenvalue weighted by atomic mass is 16.2. The summed E-state index contributed by atoms with van der Waals surface area (Å²) in [6.45, 7) is 5.36. The van der Waals surface area contributed by atoms with Gasteiger partial charge in [0.2, 0.25) is 5.91 Å². The fraction of sp³-hybridized carbons (Fsp3) is 0.571. The van der Waals surface area contributed by atoms with Gasteiger partial charge in [-0.2, -0.15) is 5.10 Å². The van der Waals surface area contributed by atoms with E-state index < -0.39 is 0 Å². The molecule has 0 spiro atoms. The number of carbonyl (C=O) groups excluding carboxylic acids is 1. The van der Waals surface area contributed by atoms with E-state index in [1.54, 1.807) is 9.58 Å². The first-order valence-corrected chi connectivity index (χ1v) is 6.32. The summed E-state index contributed by atoms with van der Waals surface area (Å²) in [6.07, 6.45) is 7.76. The third-order valence-electron chi connectivity index (χ3n) is 3.20. The van der Waals surface area contributed by atoms with Crippen LogP contribution in [0.1, 0.15) is 24.2 Å². The summed E-state index contributed by atoms with van der Waals surface area (Å²) >= 11 is 0. The number of hydrogen-bond donors (Lipinski definition) is 0. The van der Waals surface area contributed by atoms with Gasteiger partial charge in [0.15, 0.2) is 0 Å². The second-order valence-electron chi connectivity index (χ2n) is 5.01. The Morgan fingerprint density at radius 1 is 1.61 bits per heavy atom. The highest BCUT2D eigenvalue weighted by Gasteiger charge is 2.26. The molecular weight excluding hydrogens is 226 g/mol. The number of nitrogens with zero attached hydrogens (tertiary/aromatic N) is 3. The summed E-state index contributed by atoms with van der Waals surface area (Å²) in [5, 5.41) is 4.31. The first-order chi connectivity index (χ1) is 8.60. The minimum Gasteiger partial charge on any atom is -0.330 e. The molecule has 18 heavy (non-hydrogen) atoms. The maximum atomic E-state index is 12.2. The summed E-state index contributed by atoms with van der Waals surface area (Å²) < 4.78 is 1.74. The smallest absolute Gasteiger partial charge is 0.245 e. The zero-order chi connectivity index (χ0) is 13.1. The van der Waals surface area contributed by atoms with Crippen molar-refractivity contribution in [3.8, 4) is 12.3 Å².